The molecule has 2 aliphatic carbocycles. The molecule has 4 rings (SSSR count). The van der Waals surface area contributed by atoms with Gasteiger partial charge in [0, 0.05) is 42.9 Å². The first-order valence-corrected chi connectivity index (χ1v) is 9.07. The van der Waals surface area contributed by atoms with Gasteiger partial charge in [0.05, 0.1) is 0 Å². The third-order valence-corrected chi connectivity index (χ3v) is 5.48. The van der Waals surface area contributed by atoms with Crippen molar-refractivity contribution in [3.05, 3.63) is 29.3 Å². The van der Waals surface area contributed by atoms with Crippen molar-refractivity contribution in [1.82, 2.24) is 10.2 Å². The number of benzene rings is 1. The van der Waals surface area contributed by atoms with E-state index in [0.717, 1.165) is 36.6 Å². The highest BCUT2D eigenvalue weighted by atomic mass is 35.5. The van der Waals surface area contributed by atoms with E-state index in [4.69, 9.17) is 11.6 Å². The minimum absolute atomic E-state index is 0.0198. The molecule has 0 spiro atoms. The van der Waals surface area contributed by atoms with Gasteiger partial charge in [0.2, 0.25) is 11.8 Å². The summed E-state index contributed by atoms with van der Waals surface area (Å²) in [6.45, 7) is 2.85. The van der Waals surface area contributed by atoms with Crippen LogP contribution in [-0.4, -0.2) is 48.9 Å². The summed E-state index contributed by atoms with van der Waals surface area (Å²) >= 11 is 6.06. The van der Waals surface area contributed by atoms with Gasteiger partial charge < -0.3 is 15.1 Å². The lowest BCUT2D eigenvalue weighted by Crippen LogP contribution is -2.53. The zero-order chi connectivity index (χ0) is 16.7. The van der Waals surface area contributed by atoms with Gasteiger partial charge in [-0.05, 0) is 43.9 Å². The van der Waals surface area contributed by atoms with Crippen LogP contribution in [0.1, 0.15) is 25.7 Å². The molecule has 1 aliphatic heterocycles. The number of nitrogens with one attached hydrogen (secondary N) is 1. The van der Waals surface area contributed by atoms with Gasteiger partial charge >= 0.3 is 0 Å². The predicted molar refractivity (Wildman–Crippen MR) is 93.1 cm³/mol. The smallest absolute Gasteiger partial charge is 0.238 e. The second-order valence-corrected chi connectivity index (χ2v) is 7.53. The minimum Gasteiger partial charge on any atom is -0.368 e. The van der Waals surface area contributed by atoms with Crippen LogP contribution in [0.3, 0.4) is 0 Å². The third kappa shape index (κ3) is 2.97. The fraction of sp³-hybridized carbons (Fsp3) is 0.556. The highest BCUT2D eigenvalue weighted by molar-refractivity contribution is 6.30. The third-order valence-electron chi connectivity index (χ3n) is 5.25. The van der Waals surface area contributed by atoms with Crippen LogP contribution >= 0.6 is 11.6 Å². The number of hydrogen-bond donors (Lipinski definition) is 1. The van der Waals surface area contributed by atoms with E-state index in [1.54, 1.807) is 0 Å². The minimum atomic E-state index is -0.763. The maximum absolute atomic E-state index is 12.8. The van der Waals surface area contributed by atoms with Crippen molar-refractivity contribution in [2.75, 3.05) is 31.1 Å². The van der Waals surface area contributed by atoms with Gasteiger partial charge in [-0.15, -0.1) is 0 Å². The van der Waals surface area contributed by atoms with E-state index in [2.05, 4.69) is 10.2 Å². The number of halogens is 1. The van der Waals surface area contributed by atoms with Gasteiger partial charge in [-0.1, -0.05) is 17.7 Å². The summed E-state index contributed by atoms with van der Waals surface area (Å²) in [5.74, 6) is -0.0290. The molecule has 3 fully saturated rings. The molecule has 1 N–H and O–H groups in total. The number of anilines is 1. The molecule has 3 aliphatic rings. The van der Waals surface area contributed by atoms with Crippen LogP contribution in [-0.2, 0) is 9.59 Å². The molecule has 1 saturated heterocycles. The number of amides is 2. The number of hydrogen-bond acceptors (Lipinski definition) is 3. The average molecular weight is 348 g/mol. The monoisotopic (exact) mass is 347 g/mol. The Labute approximate surface area is 146 Å². The molecule has 0 unspecified atom stereocenters. The van der Waals surface area contributed by atoms with Crippen molar-refractivity contribution < 1.29 is 9.59 Å². The number of carbonyl (C=O) groups excluding carboxylic acids is 2. The van der Waals surface area contributed by atoms with Crippen LogP contribution < -0.4 is 10.2 Å². The lowest BCUT2D eigenvalue weighted by atomic mass is 10.0. The number of carbonyl (C=O) groups is 2. The summed E-state index contributed by atoms with van der Waals surface area (Å²) in [6, 6.07) is 8.10. The average Bonchev–Trinajstić information content (AvgIpc) is 3.49. The summed E-state index contributed by atoms with van der Waals surface area (Å²) < 4.78 is 0. The van der Waals surface area contributed by atoms with Crippen molar-refractivity contribution in [3.63, 3.8) is 0 Å². The standard InChI is InChI=1S/C18H22ClN3O2/c19-13-2-1-3-15(12-13)21-8-10-22(11-9-21)17(24)18(6-7-18)16(23)20-14-4-5-14/h1-3,12,14H,4-11H2,(H,20,23). The molecule has 0 bridgehead atoms. The Kier molecular flexibility index (Phi) is 3.91. The van der Waals surface area contributed by atoms with Crippen LogP contribution in [0.15, 0.2) is 24.3 Å². The summed E-state index contributed by atoms with van der Waals surface area (Å²) in [5, 5.41) is 3.73. The first-order valence-electron chi connectivity index (χ1n) is 8.69. The van der Waals surface area contributed by atoms with Crippen LogP contribution in [0.5, 0.6) is 0 Å². The SMILES string of the molecule is O=C(NC1CC1)C1(C(=O)N2CCN(c3cccc(Cl)c3)CC2)CC1. The van der Waals surface area contributed by atoms with E-state index in [-0.39, 0.29) is 11.8 Å². The quantitative estimate of drug-likeness (QED) is 0.848. The molecule has 1 aromatic carbocycles. The molecular formula is C18H22ClN3O2. The Balaban J connectivity index is 1.37. The van der Waals surface area contributed by atoms with E-state index in [9.17, 15) is 9.59 Å². The van der Waals surface area contributed by atoms with Gasteiger partial charge in [0.15, 0.2) is 0 Å². The lowest BCUT2D eigenvalue weighted by molar-refractivity contribution is -0.144. The highest BCUT2D eigenvalue weighted by Crippen LogP contribution is 2.48. The van der Waals surface area contributed by atoms with E-state index in [1.807, 2.05) is 29.2 Å². The fourth-order valence-corrected chi connectivity index (χ4v) is 3.54. The van der Waals surface area contributed by atoms with Crippen LogP contribution in [0.2, 0.25) is 5.02 Å². The fourth-order valence-electron chi connectivity index (χ4n) is 3.36. The molecule has 5 nitrogen and oxygen atoms in total. The number of rotatable bonds is 4. The van der Waals surface area contributed by atoms with Crippen molar-refractivity contribution in [1.29, 1.82) is 0 Å². The summed E-state index contributed by atoms with van der Waals surface area (Å²) in [6.07, 6.45) is 3.49. The summed E-state index contributed by atoms with van der Waals surface area (Å²) in [5.41, 5.74) is 0.322. The first kappa shape index (κ1) is 15.8. The van der Waals surface area contributed by atoms with Gasteiger partial charge in [0.1, 0.15) is 5.41 Å². The Morgan fingerprint density at radius 2 is 1.83 bits per heavy atom. The molecule has 0 atom stereocenters. The molecule has 0 radical (unpaired) electrons. The molecule has 2 saturated carbocycles. The van der Waals surface area contributed by atoms with Crippen molar-refractivity contribution in [3.8, 4) is 0 Å². The van der Waals surface area contributed by atoms with Crippen LogP contribution in [0, 0.1) is 5.41 Å². The van der Waals surface area contributed by atoms with E-state index in [1.165, 1.54) is 0 Å². The molecular weight excluding hydrogens is 326 g/mol. The molecule has 128 valence electrons. The molecule has 0 aromatic heterocycles. The lowest BCUT2D eigenvalue weighted by Gasteiger charge is -2.37. The second-order valence-electron chi connectivity index (χ2n) is 7.09. The van der Waals surface area contributed by atoms with Crippen LogP contribution in [0.25, 0.3) is 0 Å². The normalized spacial score (nSPS) is 22.2. The zero-order valence-electron chi connectivity index (χ0n) is 13.6. The Morgan fingerprint density at radius 3 is 2.42 bits per heavy atom. The molecule has 1 heterocycles. The van der Waals surface area contributed by atoms with Gasteiger partial charge in [0.25, 0.3) is 0 Å². The topological polar surface area (TPSA) is 52.7 Å². The molecule has 1 aromatic rings. The maximum Gasteiger partial charge on any atom is 0.238 e. The number of nitrogens with zero attached hydrogens (tertiary/aromatic N) is 2. The molecule has 6 heteroatoms. The van der Waals surface area contributed by atoms with E-state index >= 15 is 0 Å². The van der Waals surface area contributed by atoms with Gasteiger partial charge in [-0.25, -0.2) is 0 Å². The van der Waals surface area contributed by atoms with Crippen LogP contribution in [0.4, 0.5) is 5.69 Å². The predicted octanol–water partition coefficient (Wildman–Crippen LogP) is 2.05. The van der Waals surface area contributed by atoms with Gasteiger partial charge in [-0.3, -0.25) is 9.59 Å². The summed E-state index contributed by atoms with van der Waals surface area (Å²) in [4.78, 5) is 29.3. The Hall–Kier alpha value is -1.75. The Morgan fingerprint density at radius 1 is 1.12 bits per heavy atom. The first-order chi connectivity index (χ1) is 11.6. The Bertz CT molecular complexity index is 662. The second kappa shape index (κ2) is 5.96. The zero-order valence-corrected chi connectivity index (χ0v) is 14.4. The van der Waals surface area contributed by atoms with E-state index < -0.39 is 5.41 Å². The molecule has 2 amide bonds. The van der Waals surface area contributed by atoms with E-state index in [0.29, 0.717) is 32.0 Å². The van der Waals surface area contributed by atoms with Crippen molar-refractivity contribution in [2.45, 2.75) is 31.7 Å². The van der Waals surface area contributed by atoms with Crippen molar-refractivity contribution >= 4 is 29.1 Å². The van der Waals surface area contributed by atoms with Gasteiger partial charge in [-0.2, -0.15) is 0 Å². The van der Waals surface area contributed by atoms with Crippen molar-refractivity contribution in [2.24, 2.45) is 5.41 Å². The summed E-state index contributed by atoms with van der Waals surface area (Å²) in [7, 11) is 0. The molecule has 24 heavy (non-hydrogen) atoms. The highest BCUT2D eigenvalue weighted by Gasteiger charge is 2.58. The largest absolute Gasteiger partial charge is 0.368 e. The number of piperazine rings is 1. The maximum atomic E-state index is 12.8.